The van der Waals surface area contributed by atoms with E-state index in [1.165, 1.54) is 31.4 Å². The summed E-state index contributed by atoms with van der Waals surface area (Å²) < 4.78 is 0. The van der Waals surface area contributed by atoms with Crippen molar-refractivity contribution < 1.29 is 0 Å². The number of nitrogens with zero attached hydrogens (tertiary/aromatic N) is 1. The lowest BCUT2D eigenvalue weighted by atomic mass is 10.2. The van der Waals surface area contributed by atoms with Crippen LogP contribution in [0.5, 0.6) is 0 Å². The van der Waals surface area contributed by atoms with E-state index in [0.717, 1.165) is 11.6 Å². The van der Waals surface area contributed by atoms with Crippen molar-refractivity contribution in [1.82, 2.24) is 0 Å². The molecule has 66 valence electrons. The van der Waals surface area contributed by atoms with Gasteiger partial charge in [0.2, 0.25) is 0 Å². The third-order valence-corrected chi connectivity index (χ3v) is 2.62. The molecule has 2 N–H and O–H groups in total. The van der Waals surface area contributed by atoms with Crippen LogP contribution < -0.4 is 5.73 Å². The van der Waals surface area contributed by atoms with Crippen LogP contribution in [0, 0.1) is 11.8 Å². The van der Waals surface area contributed by atoms with Crippen LogP contribution in [0.1, 0.15) is 25.7 Å². The molecule has 0 radical (unpaired) electrons. The van der Waals surface area contributed by atoms with Crippen molar-refractivity contribution >= 4 is 5.71 Å². The van der Waals surface area contributed by atoms with Gasteiger partial charge in [0.1, 0.15) is 0 Å². The van der Waals surface area contributed by atoms with Gasteiger partial charge in [-0.15, -0.1) is 0 Å². The molecule has 2 aliphatic rings. The van der Waals surface area contributed by atoms with Crippen molar-refractivity contribution in [2.75, 3.05) is 7.05 Å². The summed E-state index contributed by atoms with van der Waals surface area (Å²) in [6, 6.07) is 0. The molecular weight excluding hydrogens is 148 g/mol. The van der Waals surface area contributed by atoms with E-state index in [0.29, 0.717) is 5.92 Å². The third kappa shape index (κ3) is 1.68. The second kappa shape index (κ2) is 2.92. The molecule has 0 aromatic heterocycles. The number of aliphatic imine (C=N–C) groups is 1. The fourth-order valence-electron chi connectivity index (χ4n) is 1.45. The number of allylic oxidation sites excluding steroid dienone is 2. The highest BCUT2D eigenvalue weighted by atomic mass is 14.7. The zero-order valence-corrected chi connectivity index (χ0v) is 7.59. The van der Waals surface area contributed by atoms with Crippen LogP contribution in [-0.4, -0.2) is 12.8 Å². The van der Waals surface area contributed by atoms with E-state index in [-0.39, 0.29) is 0 Å². The highest BCUT2D eigenvalue weighted by Gasteiger charge is 2.28. The first-order valence-electron chi connectivity index (χ1n) is 4.75. The smallest absolute Gasteiger partial charge is 0.0392 e. The van der Waals surface area contributed by atoms with E-state index in [2.05, 4.69) is 11.1 Å². The first kappa shape index (κ1) is 7.84. The second-order valence-electron chi connectivity index (χ2n) is 3.84. The molecule has 0 spiro atoms. The third-order valence-electron chi connectivity index (χ3n) is 2.62. The number of nitrogens with two attached hydrogens (primary N) is 1. The monoisotopic (exact) mass is 164 g/mol. The summed E-state index contributed by atoms with van der Waals surface area (Å²) in [6.45, 7) is 0. The Morgan fingerprint density at radius 2 is 1.83 bits per heavy atom. The molecule has 2 saturated carbocycles. The fraction of sp³-hybridized carbons (Fsp3) is 0.700. The summed E-state index contributed by atoms with van der Waals surface area (Å²) in [5.74, 6) is 1.41. The standard InChI is InChI=1S/C10H16N2/c1-12-10(8-4-5-8)6-9(11)7-2-3-7/h6-8H,2-5,11H2,1H3. The molecule has 2 fully saturated rings. The Kier molecular flexibility index (Phi) is 1.91. The highest BCUT2D eigenvalue weighted by Crippen LogP contribution is 2.36. The zero-order valence-electron chi connectivity index (χ0n) is 7.59. The molecule has 2 heteroatoms. The van der Waals surface area contributed by atoms with E-state index in [1.807, 2.05) is 7.05 Å². The van der Waals surface area contributed by atoms with Gasteiger partial charge in [-0.05, 0) is 37.7 Å². The summed E-state index contributed by atoms with van der Waals surface area (Å²) in [5.41, 5.74) is 8.18. The van der Waals surface area contributed by atoms with Crippen molar-refractivity contribution in [2.45, 2.75) is 25.7 Å². The van der Waals surface area contributed by atoms with Crippen LogP contribution in [-0.2, 0) is 0 Å². The molecule has 0 aromatic carbocycles. The number of hydrogen-bond acceptors (Lipinski definition) is 2. The topological polar surface area (TPSA) is 38.4 Å². The van der Waals surface area contributed by atoms with Crippen LogP contribution in [0.4, 0.5) is 0 Å². The van der Waals surface area contributed by atoms with Gasteiger partial charge in [-0.25, -0.2) is 0 Å². The molecule has 0 heterocycles. The molecule has 0 unspecified atom stereocenters. The van der Waals surface area contributed by atoms with Gasteiger partial charge in [0.25, 0.3) is 0 Å². The Hall–Kier alpha value is -0.790. The van der Waals surface area contributed by atoms with Gasteiger partial charge < -0.3 is 5.73 Å². The minimum absolute atomic E-state index is 0.681. The maximum atomic E-state index is 5.90. The maximum absolute atomic E-state index is 5.90. The fourth-order valence-corrected chi connectivity index (χ4v) is 1.45. The van der Waals surface area contributed by atoms with E-state index in [4.69, 9.17) is 5.73 Å². The maximum Gasteiger partial charge on any atom is 0.0392 e. The lowest BCUT2D eigenvalue weighted by Crippen LogP contribution is -2.05. The van der Waals surface area contributed by atoms with Gasteiger partial charge in [-0.1, -0.05) is 0 Å². The van der Waals surface area contributed by atoms with Crippen LogP contribution in [0.2, 0.25) is 0 Å². The lowest BCUT2D eigenvalue weighted by molar-refractivity contribution is 0.979. The Bertz CT molecular complexity index is 232. The summed E-state index contributed by atoms with van der Waals surface area (Å²) in [4.78, 5) is 4.26. The normalized spacial score (nSPS) is 26.1. The highest BCUT2D eigenvalue weighted by molar-refractivity contribution is 5.98. The molecular formula is C10H16N2. The molecule has 0 aromatic rings. The molecule has 0 amide bonds. The van der Waals surface area contributed by atoms with Gasteiger partial charge in [0, 0.05) is 24.4 Å². The van der Waals surface area contributed by atoms with E-state index in [1.54, 1.807) is 0 Å². The quantitative estimate of drug-likeness (QED) is 0.634. The summed E-state index contributed by atoms with van der Waals surface area (Å²) >= 11 is 0. The predicted octanol–water partition coefficient (Wildman–Crippen LogP) is 1.72. The predicted molar refractivity (Wildman–Crippen MR) is 51.1 cm³/mol. The van der Waals surface area contributed by atoms with Crippen molar-refractivity contribution in [2.24, 2.45) is 22.6 Å². The molecule has 0 saturated heterocycles. The second-order valence-corrected chi connectivity index (χ2v) is 3.84. The van der Waals surface area contributed by atoms with Crippen molar-refractivity contribution in [3.63, 3.8) is 0 Å². The first-order valence-corrected chi connectivity index (χ1v) is 4.75. The van der Waals surface area contributed by atoms with Gasteiger partial charge in [-0.2, -0.15) is 0 Å². The average molecular weight is 164 g/mol. The molecule has 0 aliphatic heterocycles. The molecule has 2 nitrogen and oxygen atoms in total. The number of rotatable bonds is 3. The minimum Gasteiger partial charge on any atom is -0.402 e. The van der Waals surface area contributed by atoms with Crippen molar-refractivity contribution in [1.29, 1.82) is 0 Å². The Labute approximate surface area is 73.6 Å². The average Bonchev–Trinajstić information content (AvgIpc) is 2.89. The Morgan fingerprint density at radius 3 is 2.25 bits per heavy atom. The first-order chi connectivity index (χ1) is 5.81. The molecule has 2 rings (SSSR count). The van der Waals surface area contributed by atoms with Gasteiger partial charge in [-0.3, -0.25) is 4.99 Å². The van der Waals surface area contributed by atoms with Gasteiger partial charge in [0.15, 0.2) is 0 Å². The van der Waals surface area contributed by atoms with Crippen LogP contribution in [0.25, 0.3) is 0 Å². The van der Waals surface area contributed by atoms with E-state index >= 15 is 0 Å². The summed E-state index contributed by atoms with van der Waals surface area (Å²) in [7, 11) is 1.87. The molecule has 0 bridgehead atoms. The summed E-state index contributed by atoms with van der Waals surface area (Å²) in [5, 5.41) is 0. The minimum atomic E-state index is 0.681. The van der Waals surface area contributed by atoms with Crippen LogP contribution >= 0.6 is 0 Å². The van der Waals surface area contributed by atoms with Crippen LogP contribution in [0.15, 0.2) is 16.8 Å². The van der Waals surface area contributed by atoms with Crippen molar-refractivity contribution in [3.8, 4) is 0 Å². The van der Waals surface area contributed by atoms with Gasteiger partial charge in [0.05, 0.1) is 0 Å². The summed E-state index contributed by atoms with van der Waals surface area (Å²) in [6.07, 6.45) is 7.28. The Morgan fingerprint density at radius 1 is 1.25 bits per heavy atom. The molecule has 2 aliphatic carbocycles. The largest absolute Gasteiger partial charge is 0.402 e. The van der Waals surface area contributed by atoms with Crippen molar-refractivity contribution in [3.05, 3.63) is 11.8 Å². The number of hydrogen-bond donors (Lipinski definition) is 1. The molecule has 12 heavy (non-hydrogen) atoms. The SMILES string of the molecule is CN=C(C=C(N)C1CC1)C1CC1. The van der Waals surface area contributed by atoms with E-state index in [9.17, 15) is 0 Å². The Balaban J connectivity index is 2.01. The van der Waals surface area contributed by atoms with Crippen LogP contribution in [0.3, 0.4) is 0 Å². The zero-order chi connectivity index (χ0) is 8.55. The molecule has 0 atom stereocenters. The lowest BCUT2D eigenvalue weighted by Gasteiger charge is -1.99. The van der Waals surface area contributed by atoms with Gasteiger partial charge >= 0.3 is 0 Å². The van der Waals surface area contributed by atoms with E-state index < -0.39 is 0 Å².